The Hall–Kier alpha value is -0.350. The second kappa shape index (κ2) is 5.57. The molecule has 19 heavy (non-hydrogen) atoms. The van der Waals surface area contributed by atoms with Gasteiger partial charge in [-0.3, -0.25) is 4.68 Å². The summed E-state index contributed by atoms with van der Waals surface area (Å²) in [5.74, 6) is 0.624. The number of aromatic nitrogens is 2. The molecule has 108 valence electrons. The maximum atomic E-state index is 4.50. The summed E-state index contributed by atoms with van der Waals surface area (Å²) in [6, 6.07) is 0.779. The van der Waals surface area contributed by atoms with E-state index < -0.39 is 0 Å². The molecule has 1 N–H and O–H groups in total. The molecule has 0 spiro atoms. The van der Waals surface area contributed by atoms with Crippen LogP contribution in [0, 0.1) is 18.3 Å². The van der Waals surface area contributed by atoms with Gasteiger partial charge in [-0.1, -0.05) is 20.8 Å². The first-order valence-electron chi connectivity index (χ1n) is 7.20. The van der Waals surface area contributed by atoms with Crippen molar-refractivity contribution >= 4 is 15.9 Å². The first-order chi connectivity index (χ1) is 8.79. The van der Waals surface area contributed by atoms with Gasteiger partial charge in [-0.15, -0.1) is 0 Å². The predicted molar refractivity (Wildman–Crippen MR) is 83.3 cm³/mol. The molecule has 0 saturated heterocycles. The molecule has 1 aromatic rings. The number of nitrogens with zero attached hydrogens (tertiary/aromatic N) is 2. The number of rotatable bonds is 5. The summed E-state index contributed by atoms with van der Waals surface area (Å²) in [4.78, 5) is 0. The molecule has 1 saturated carbocycles. The highest BCUT2D eigenvalue weighted by atomic mass is 79.9. The lowest BCUT2D eigenvalue weighted by Crippen LogP contribution is -2.34. The van der Waals surface area contributed by atoms with Gasteiger partial charge in [0.15, 0.2) is 0 Å². The van der Waals surface area contributed by atoms with Gasteiger partial charge in [0.2, 0.25) is 0 Å². The van der Waals surface area contributed by atoms with E-state index in [9.17, 15) is 0 Å². The van der Waals surface area contributed by atoms with E-state index in [0.29, 0.717) is 11.3 Å². The van der Waals surface area contributed by atoms with E-state index in [0.717, 1.165) is 24.7 Å². The van der Waals surface area contributed by atoms with Crippen molar-refractivity contribution in [2.75, 3.05) is 6.54 Å². The van der Waals surface area contributed by atoms with E-state index in [2.05, 4.69) is 54.0 Å². The van der Waals surface area contributed by atoms with Crippen molar-refractivity contribution in [3.63, 3.8) is 0 Å². The largest absolute Gasteiger partial charge is 0.314 e. The van der Waals surface area contributed by atoms with Crippen molar-refractivity contribution < 1.29 is 0 Å². The summed E-state index contributed by atoms with van der Waals surface area (Å²) in [5.41, 5.74) is 2.70. The van der Waals surface area contributed by atoms with Crippen LogP contribution in [0.25, 0.3) is 0 Å². The Bertz CT molecular complexity index is 441. The third-order valence-electron chi connectivity index (χ3n) is 4.16. The molecule has 1 unspecified atom stereocenters. The van der Waals surface area contributed by atoms with E-state index in [4.69, 9.17) is 0 Å². The minimum atomic E-state index is 0.305. The van der Waals surface area contributed by atoms with Gasteiger partial charge < -0.3 is 5.32 Å². The summed E-state index contributed by atoms with van der Waals surface area (Å²) < 4.78 is 3.20. The van der Waals surface area contributed by atoms with Gasteiger partial charge in [-0.05, 0) is 60.0 Å². The van der Waals surface area contributed by atoms with Crippen LogP contribution < -0.4 is 5.32 Å². The van der Waals surface area contributed by atoms with Crippen LogP contribution in [0.2, 0.25) is 0 Å². The molecule has 0 bridgehead atoms. The van der Waals surface area contributed by atoms with Gasteiger partial charge in [0.25, 0.3) is 0 Å². The normalized spacial score (nSPS) is 17.8. The van der Waals surface area contributed by atoms with Crippen LogP contribution in [0.5, 0.6) is 0 Å². The zero-order chi connectivity index (χ0) is 14.2. The van der Waals surface area contributed by atoms with E-state index in [-0.39, 0.29) is 0 Å². The summed E-state index contributed by atoms with van der Waals surface area (Å²) >= 11 is 3.68. The minimum Gasteiger partial charge on any atom is -0.314 e. The summed E-state index contributed by atoms with van der Waals surface area (Å²) in [6.45, 7) is 10.2. The second-order valence-corrected chi connectivity index (χ2v) is 7.71. The number of hydrogen-bond acceptors (Lipinski definition) is 2. The molecule has 1 heterocycles. The Labute approximate surface area is 125 Å². The molecule has 1 aliphatic rings. The maximum Gasteiger partial charge on any atom is 0.0738 e. The summed E-state index contributed by atoms with van der Waals surface area (Å²) in [6.07, 6.45) is 3.78. The molecule has 0 amide bonds. The standard InChI is InChI=1S/C15H26BrN3/c1-10-14(16)13(19(5)18-10)8-11(15(2,3)4)9-17-12-6-7-12/h11-12,17H,6-9H2,1-5H3. The third kappa shape index (κ3) is 3.82. The van der Waals surface area contributed by atoms with Crippen molar-refractivity contribution in [3.8, 4) is 0 Å². The van der Waals surface area contributed by atoms with Crippen LogP contribution in [0.15, 0.2) is 4.47 Å². The van der Waals surface area contributed by atoms with Crippen LogP contribution in [0.1, 0.15) is 45.0 Å². The number of nitrogens with one attached hydrogen (secondary N) is 1. The number of hydrogen-bond donors (Lipinski definition) is 1. The Morgan fingerprint density at radius 2 is 2.05 bits per heavy atom. The molecule has 2 rings (SSSR count). The van der Waals surface area contributed by atoms with Crippen molar-refractivity contribution in [2.45, 2.75) is 53.0 Å². The molecule has 4 heteroatoms. The van der Waals surface area contributed by atoms with Gasteiger partial charge >= 0.3 is 0 Å². The Kier molecular flexibility index (Phi) is 4.41. The monoisotopic (exact) mass is 327 g/mol. The number of aryl methyl sites for hydroxylation is 2. The van der Waals surface area contributed by atoms with Gasteiger partial charge in [-0.2, -0.15) is 5.10 Å². The molecule has 3 nitrogen and oxygen atoms in total. The predicted octanol–water partition coefficient (Wildman–Crippen LogP) is 3.45. The average molecular weight is 328 g/mol. The van der Waals surface area contributed by atoms with Crippen molar-refractivity contribution in [2.24, 2.45) is 18.4 Å². The molecule has 0 aliphatic heterocycles. The molecular weight excluding hydrogens is 302 g/mol. The molecular formula is C15H26BrN3. The summed E-state index contributed by atoms with van der Waals surface area (Å²) in [7, 11) is 2.04. The fourth-order valence-corrected chi connectivity index (χ4v) is 2.91. The summed E-state index contributed by atoms with van der Waals surface area (Å²) in [5, 5.41) is 8.19. The highest BCUT2D eigenvalue weighted by Gasteiger charge is 2.29. The fraction of sp³-hybridized carbons (Fsp3) is 0.800. The van der Waals surface area contributed by atoms with E-state index in [1.165, 1.54) is 23.0 Å². The molecule has 1 aromatic heterocycles. The maximum absolute atomic E-state index is 4.50. The fourth-order valence-electron chi connectivity index (χ4n) is 2.42. The smallest absolute Gasteiger partial charge is 0.0738 e. The lowest BCUT2D eigenvalue weighted by molar-refractivity contribution is 0.226. The van der Waals surface area contributed by atoms with Crippen LogP contribution >= 0.6 is 15.9 Å². The van der Waals surface area contributed by atoms with Gasteiger partial charge in [-0.25, -0.2) is 0 Å². The van der Waals surface area contributed by atoms with Crippen molar-refractivity contribution in [1.82, 2.24) is 15.1 Å². The minimum absolute atomic E-state index is 0.305. The van der Waals surface area contributed by atoms with Crippen LogP contribution in [-0.4, -0.2) is 22.4 Å². The second-order valence-electron chi connectivity index (χ2n) is 6.92. The number of halogens is 1. The van der Waals surface area contributed by atoms with Gasteiger partial charge in [0.05, 0.1) is 15.9 Å². The molecule has 0 aromatic carbocycles. The Morgan fingerprint density at radius 1 is 1.42 bits per heavy atom. The highest BCUT2D eigenvalue weighted by molar-refractivity contribution is 9.10. The lowest BCUT2D eigenvalue weighted by Gasteiger charge is -2.31. The van der Waals surface area contributed by atoms with E-state index >= 15 is 0 Å². The van der Waals surface area contributed by atoms with Crippen LogP contribution in [-0.2, 0) is 13.5 Å². The molecule has 1 atom stereocenters. The average Bonchev–Trinajstić information content (AvgIpc) is 3.06. The van der Waals surface area contributed by atoms with E-state index in [1.807, 2.05) is 11.7 Å². The Balaban J connectivity index is 2.09. The Morgan fingerprint density at radius 3 is 2.47 bits per heavy atom. The molecule has 1 aliphatic carbocycles. The van der Waals surface area contributed by atoms with E-state index in [1.54, 1.807) is 0 Å². The SMILES string of the molecule is Cc1nn(C)c(CC(CNC2CC2)C(C)(C)C)c1Br. The quantitative estimate of drug-likeness (QED) is 0.897. The van der Waals surface area contributed by atoms with Crippen molar-refractivity contribution in [3.05, 3.63) is 15.9 Å². The first-order valence-corrected chi connectivity index (χ1v) is 7.99. The van der Waals surface area contributed by atoms with Crippen LogP contribution in [0.3, 0.4) is 0 Å². The van der Waals surface area contributed by atoms with Crippen molar-refractivity contribution in [1.29, 1.82) is 0 Å². The zero-order valence-corrected chi connectivity index (χ0v) is 14.3. The first kappa shape index (κ1) is 15.0. The van der Waals surface area contributed by atoms with Gasteiger partial charge in [0, 0.05) is 13.1 Å². The third-order valence-corrected chi connectivity index (χ3v) is 5.19. The lowest BCUT2D eigenvalue weighted by atomic mass is 9.78. The highest BCUT2D eigenvalue weighted by Crippen LogP contribution is 2.32. The van der Waals surface area contributed by atoms with Crippen LogP contribution in [0.4, 0.5) is 0 Å². The van der Waals surface area contributed by atoms with Gasteiger partial charge in [0.1, 0.15) is 0 Å². The topological polar surface area (TPSA) is 29.9 Å². The molecule has 0 radical (unpaired) electrons. The molecule has 1 fully saturated rings. The zero-order valence-electron chi connectivity index (χ0n) is 12.8.